The molecule has 8 nitrogen and oxygen atoms in total. The van der Waals surface area contributed by atoms with Gasteiger partial charge in [0.25, 0.3) is 0 Å². The zero-order valence-corrected chi connectivity index (χ0v) is 15.2. The van der Waals surface area contributed by atoms with Gasteiger partial charge in [-0.1, -0.05) is 30.2 Å². The molecule has 0 saturated carbocycles. The number of nitrogens with zero attached hydrogens (tertiary/aromatic N) is 2. The lowest BCUT2D eigenvalue weighted by atomic mass is 10.1. The molecule has 0 aromatic heterocycles. The smallest absolute Gasteiger partial charge is 0.298 e. The van der Waals surface area contributed by atoms with E-state index in [4.69, 9.17) is 9.68 Å². The highest BCUT2D eigenvalue weighted by atomic mass is 16.7. The first-order chi connectivity index (χ1) is 11.9. The third kappa shape index (κ3) is 7.03. The second kappa shape index (κ2) is 10.1. The molecule has 0 unspecified atom stereocenters. The molecule has 8 heteroatoms. The van der Waals surface area contributed by atoms with Crippen LogP contribution < -0.4 is 10.6 Å². The summed E-state index contributed by atoms with van der Waals surface area (Å²) >= 11 is 0. The number of oxime groups is 2. The van der Waals surface area contributed by atoms with E-state index in [9.17, 15) is 9.59 Å². The Bertz CT molecular complexity index is 629. The molecule has 0 aliphatic rings. The third-order valence-corrected chi connectivity index (χ3v) is 3.40. The molecule has 0 atom stereocenters. The minimum Gasteiger partial charge on any atom is -0.298 e. The fourth-order valence-corrected chi connectivity index (χ4v) is 1.54. The molecular weight excluding hydrogens is 324 g/mol. The van der Waals surface area contributed by atoms with Gasteiger partial charge >= 0.3 is 12.2 Å². The van der Waals surface area contributed by atoms with Crippen molar-refractivity contribution in [3.05, 3.63) is 23.8 Å². The normalized spacial score (nSPS) is 11.7. The lowest BCUT2D eigenvalue weighted by molar-refractivity contribution is 0.165. The van der Waals surface area contributed by atoms with Gasteiger partial charge in [0.15, 0.2) is 0 Å². The van der Waals surface area contributed by atoms with Crippen LogP contribution in [0.3, 0.4) is 0 Å². The first-order valence-corrected chi connectivity index (χ1v) is 7.99. The van der Waals surface area contributed by atoms with Crippen LogP contribution in [0.25, 0.3) is 0 Å². The molecule has 0 aliphatic heterocycles. The van der Waals surface area contributed by atoms with Gasteiger partial charge in [-0.15, -0.1) is 0 Å². The maximum atomic E-state index is 11.8. The molecule has 2 N–H and O–H groups in total. The topological polar surface area (TPSA) is 101 Å². The minimum absolute atomic E-state index is 0.486. The third-order valence-electron chi connectivity index (χ3n) is 3.40. The summed E-state index contributed by atoms with van der Waals surface area (Å²) in [7, 11) is 0. The summed E-state index contributed by atoms with van der Waals surface area (Å²) in [4.78, 5) is 33.0. The highest BCUT2D eigenvalue weighted by Gasteiger charge is 2.11. The van der Waals surface area contributed by atoms with Crippen LogP contribution in [0.5, 0.6) is 0 Å². The number of hydrogen-bond donors (Lipinski definition) is 2. The minimum atomic E-state index is -0.709. The molecule has 0 bridgehead atoms. The average molecular weight is 348 g/mol. The van der Waals surface area contributed by atoms with E-state index in [2.05, 4.69) is 20.9 Å². The Morgan fingerprint density at radius 3 is 1.68 bits per heavy atom. The molecule has 0 spiro atoms. The van der Waals surface area contributed by atoms with Crippen molar-refractivity contribution in [3.63, 3.8) is 0 Å². The van der Waals surface area contributed by atoms with Crippen molar-refractivity contribution < 1.29 is 19.3 Å². The second-order valence-electron chi connectivity index (χ2n) is 5.35. The van der Waals surface area contributed by atoms with E-state index in [1.54, 1.807) is 39.0 Å². The van der Waals surface area contributed by atoms with Gasteiger partial charge in [-0.25, -0.2) is 9.59 Å². The van der Waals surface area contributed by atoms with Crippen LogP contribution in [0.1, 0.15) is 46.1 Å². The number of nitrogens with one attached hydrogen (secondary N) is 2. The summed E-state index contributed by atoms with van der Waals surface area (Å²) in [6.45, 7) is 9.08. The number of carbonyl (C=O) groups is 2. The summed E-state index contributed by atoms with van der Waals surface area (Å²) in [5.74, 6) is 0. The zero-order chi connectivity index (χ0) is 18.8. The van der Waals surface area contributed by atoms with Crippen molar-refractivity contribution in [2.75, 3.05) is 10.6 Å². The van der Waals surface area contributed by atoms with Gasteiger partial charge in [0, 0.05) is 11.4 Å². The Morgan fingerprint density at radius 1 is 0.920 bits per heavy atom. The van der Waals surface area contributed by atoms with Crippen molar-refractivity contribution >= 4 is 35.0 Å². The molecule has 136 valence electrons. The summed E-state index contributed by atoms with van der Waals surface area (Å²) in [5, 5.41) is 12.5. The first kappa shape index (κ1) is 20.1. The van der Waals surface area contributed by atoms with E-state index < -0.39 is 12.2 Å². The average Bonchev–Trinajstić information content (AvgIpc) is 2.60. The number of carbonyl (C=O) groups excluding carboxylic acids is 2. The van der Waals surface area contributed by atoms with Crippen LogP contribution in [0, 0.1) is 6.92 Å². The number of anilines is 2. The van der Waals surface area contributed by atoms with Crippen molar-refractivity contribution in [1.29, 1.82) is 0 Å². The summed E-state index contributed by atoms with van der Waals surface area (Å²) in [6.07, 6.45) is -0.0423. The monoisotopic (exact) mass is 348 g/mol. The van der Waals surface area contributed by atoms with E-state index in [1.165, 1.54) is 0 Å². The molecule has 25 heavy (non-hydrogen) atoms. The van der Waals surface area contributed by atoms with Gasteiger partial charge in [0.1, 0.15) is 0 Å². The van der Waals surface area contributed by atoms with E-state index in [0.29, 0.717) is 41.2 Å². The summed E-state index contributed by atoms with van der Waals surface area (Å²) < 4.78 is 0. The largest absolute Gasteiger partial charge is 0.437 e. The Kier molecular flexibility index (Phi) is 8.11. The van der Waals surface area contributed by atoms with Gasteiger partial charge in [0.05, 0.1) is 11.4 Å². The van der Waals surface area contributed by atoms with E-state index in [1.807, 2.05) is 13.8 Å². The quantitative estimate of drug-likeness (QED) is 0.443. The lowest BCUT2D eigenvalue weighted by Crippen LogP contribution is -2.15. The van der Waals surface area contributed by atoms with E-state index in [-0.39, 0.29) is 0 Å². The van der Waals surface area contributed by atoms with Crippen molar-refractivity contribution in [2.45, 2.75) is 47.5 Å². The van der Waals surface area contributed by atoms with Crippen LogP contribution in [0.4, 0.5) is 21.0 Å². The fourth-order valence-electron chi connectivity index (χ4n) is 1.54. The molecule has 0 saturated heterocycles. The SMILES string of the molecule is CC/C(C)=N/OC(=O)Nc1cccc(NC(=O)O/N=C(\C)CC)c1C. The number of hydrogen-bond acceptors (Lipinski definition) is 6. The number of amides is 2. The lowest BCUT2D eigenvalue weighted by Gasteiger charge is -2.11. The van der Waals surface area contributed by atoms with Crippen LogP contribution in [0.2, 0.25) is 0 Å². The first-order valence-electron chi connectivity index (χ1n) is 7.99. The maximum Gasteiger partial charge on any atom is 0.437 e. The Labute approximate surface area is 147 Å². The molecule has 2 amide bonds. The van der Waals surface area contributed by atoms with Crippen LogP contribution in [-0.2, 0) is 9.68 Å². The van der Waals surface area contributed by atoms with Crippen molar-refractivity contribution in [1.82, 2.24) is 0 Å². The molecule has 1 aromatic carbocycles. The molecule has 0 fully saturated rings. The highest BCUT2D eigenvalue weighted by Crippen LogP contribution is 2.23. The standard InChI is InChI=1S/C17H24N4O4/c1-6-11(3)20-24-16(22)18-14-9-8-10-15(13(14)5)19-17(23)25-21-12(4)7-2/h8-10H,6-7H2,1-5H3,(H,18,22)(H,19,23)/b20-11+,21-12+. The van der Waals surface area contributed by atoms with Gasteiger partial charge in [-0.3, -0.25) is 20.3 Å². The molecule has 0 heterocycles. The predicted molar refractivity (Wildman–Crippen MR) is 98.2 cm³/mol. The van der Waals surface area contributed by atoms with Gasteiger partial charge in [-0.05, 0) is 51.3 Å². The Hall–Kier alpha value is -2.90. The number of rotatable bonds is 6. The van der Waals surface area contributed by atoms with Crippen LogP contribution in [-0.4, -0.2) is 23.6 Å². The second-order valence-corrected chi connectivity index (χ2v) is 5.35. The summed E-state index contributed by atoms with van der Waals surface area (Å²) in [5.41, 5.74) is 3.02. The Morgan fingerprint density at radius 2 is 1.32 bits per heavy atom. The van der Waals surface area contributed by atoms with E-state index >= 15 is 0 Å². The molecular formula is C17H24N4O4. The van der Waals surface area contributed by atoms with Crippen LogP contribution in [0.15, 0.2) is 28.5 Å². The molecule has 0 radical (unpaired) electrons. The highest BCUT2D eigenvalue weighted by molar-refractivity contribution is 5.91. The van der Waals surface area contributed by atoms with Gasteiger partial charge in [0.2, 0.25) is 0 Å². The molecule has 0 aliphatic carbocycles. The Balaban J connectivity index is 2.75. The molecule has 1 aromatic rings. The predicted octanol–water partition coefficient (Wildman–Crippen LogP) is 4.66. The van der Waals surface area contributed by atoms with Crippen molar-refractivity contribution in [3.8, 4) is 0 Å². The molecule has 1 rings (SSSR count). The number of benzene rings is 1. The fraction of sp³-hybridized carbons (Fsp3) is 0.412. The maximum absolute atomic E-state index is 11.8. The summed E-state index contributed by atoms with van der Waals surface area (Å²) in [6, 6.07) is 5.05. The van der Waals surface area contributed by atoms with Crippen LogP contribution >= 0.6 is 0 Å². The van der Waals surface area contributed by atoms with E-state index in [0.717, 1.165) is 0 Å². The van der Waals surface area contributed by atoms with Gasteiger partial charge < -0.3 is 0 Å². The van der Waals surface area contributed by atoms with Crippen molar-refractivity contribution in [2.24, 2.45) is 10.3 Å². The zero-order valence-electron chi connectivity index (χ0n) is 15.2. The van der Waals surface area contributed by atoms with Gasteiger partial charge in [-0.2, -0.15) is 0 Å².